The van der Waals surface area contributed by atoms with Crippen molar-refractivity contribution in [2.75, 3.05) is 10.8 Å². The van der Waals surface area contributed by atoms with Crippen LogP contribution in [0.5, 0.6) is 0 Å². The number of aromatic amines is 1. The van der Waals surface area contributed by atoms with Gasteiger partial charge in [0.25, 0.3) is 10.0 Å². The Hall–Kier alpha value is -2.54. The summed E-state index contributed by atoms with van der Waals surface area (Å²) in [5.74, 6) is -0.599. The lowest BCUT2D eigenvalue weighted by molar-refractivity contribution is 0.555. The minimum atomic E-state index is -3.69. The number of anilines is 1. The summed E-state index contributed by atoms with van der Waals surface area (Å²) in [6.45, 7) is 0.444. The van der Waals surface area contributed by atoms with Crippen LogP contribution in [-0.2, 0) is 16.4 Å². The van der Waals surface area contributed by atoms with Crippen molar-refractivity contribution in [3.8, 4) is 0 Å². The van der Waals surface area contributed by atoms with Crippen LogP contribution in [0.1, 0.15) is 12.0 Å². The van der Waals surface area contributed by atoms with Crippen LogP contribution >= 0.6 is 0 Å². The molecular formula is C16H14N2O4S. The molecule has 23 heavy (non-hydrogen) atoms. The van der Waals surface area contributed by atoms with E-state index in [1.54, 1.807) is 0 Å². The maximum Gasteiger partial charge on any atom is 0.417 e. The Kier molecular flexibility index (Phi) is 3.05. The van der Waals surface area contributed by atoms with Crippen LogP contribution in [0.15, 0.2) is 56.6 Å². The number of aryl methyl sites for hydroxylation is 1. The van der Waals surface area contributed by atoms with E-state index in [-0.39, 0.29) is 4.90 Å². The number of para-hydroxylation sites is 1. The highest BCUT2D eigenvalue weighted by atomic mass is 32.2. The first-order chi connectivity index (χ1) is 11.1. The van der Waals surface area contributed by atoms with Gasteiger partial charge in [0.05, 0.1) is 16.1 Å². The van der Waals surface area contributed by atoms with Gasteiger partial charge in [-0.05, 0) is 42.7 Å². The molecule has 0 fully saturated rings. The molecule has 0 spiro atoms. The first-order valence-electron chi connectivity index (χ1n) is 7.29. The number of benzene rings is 2. The lowest BCUT2D eigenvalue weighted by atomic mass is 10.0. The topological polar surface area (TPSA) is 83.4 Å². The zero-order chi connectivity index (χ0) is 16.0. The van der Waals surface area contributed by atoms with Gasteiger partial charge in [-0.15, -0.1) is 0 Å². The normalized spacial score (nSPS) is 14.9. The van der Waals surface area contributed by atoms with Crippen LogP contribution in [0, 0.1) is 0 Å². The van der Waals surface area contributed by atoms with E-state index in [1.807, 2.05) is 24.3 Å². The standard InChI is InChI=1S/C16H14N2O4S/c19-16-17-13-10-12(7-8-15(13)22-16)23(20,21)18-9-3-5-11-4-1-2-6-14(11)18/h1-2,4,6-8,10H,3,5,9H2,(H,17,19). The summed E-state index contributed by atoms with van der Waals surface area (Å²) in [5.41, 5.74) is 2.47. The largest absolute Gasteiger partial charge is 0.417 e. The molecule has 0 atom stereocenters. The number of nitrogens with zero attached hydrogens (tertiary/aromatic N) is 1. The zero-order valence-electron chi connectivity index (χ0n) is 12.2. The Morgan fingerprint density at radius 1 is 1.13 bits per heavy atom. The number of hydrogen-bond donors (Lipinski definition) is 1. The lowest BCUT2D eigenvalue weighted by Crippen LogP contribution is -2.35. The van der Waals surface area contributed by atoms with Crippen molar-refractivity contribution in [2.24, 2.45) is 0 Å². The molecule has 0 bridgehead atoms. The Labute approximate surface area is 132 Å². The monoisotopic (exact) mass is 330 g/mol. The smallest absolute Gasteiger partial charge is 0.408 e. The third kappa shape index (κ3) is 2.24. The molecule has 1 aliphatic rings. The third-order valence-electron chi connectivity index (χ3n) is 4.05. The fourth-order valence-electron chi connectivity index (χ4n) is 2.97. The number of sulfonamides is 1. The van der Waals surface area contributed by atoms with E-state index in [0.717, 1.165) is 24.1 Å². The quantitative estimate of drug-likeness (QED) is 0.781. The number of rotatable bonds is 2. The summed E-state index contributed by atoms with van der Waals surface area (Å²) >= 11 is 0. The first-order valence-corrected chi connectivity index (χ1v) is 8.73. The van der Waals surface area contributed by atoms with Crippen LogP contribution < -0.4 is 10.1 Å². The van der Waals surface area contributed by atoms with Gasteiger partial charge in [0.1, 0.15) is 0 Å². The molecule has 118 valence electrons. The Bertz CT molecular complexity index is 1050. The van der Waals surface area contributed by atoms with Gasteiger partial charge in [0.2, 0.25) is 0 Å². The maximum atomic E-state index is 13.0. The van der Waals surface area contributed by atoms with Gasteiger partial charge < -0.3 is 4.42 Å². The molecule has 7 heteroatoms. The van der Waals surface area contributed by atoms with Crippen molar-refractivity contribution in [3.05, 3.63) is 58.6 Å². The third-order valence-corrected chi connectivity index (χ3v) is 5.86. The van der Waals surface area contributed by atoms with E-state index in [1.165, 1.54) is 22.5 Å². The van der Waals surface area contributed by atoms with Gasteiger partial charge in [0, 0.05) is 6.54 Å². The van der Waals surface area contributed by atoms with E-state index in [0.29, 0.717) is 17.6 Å². The molecule has 0 saturated heterocycles. The minimum Gasteiger partial charge on any atom is -0.408 e. The van der Waals surface area contributed by atoms with Crippen molar-refractivity contribution >= 4 is 26.8 Å². The number of oxazole rings is 1. The molecule has 0 radical (unpaired) electrons. The number of hydrogen-bond acceptors (Lipinski definition) is 4. The first kappa shape index (κ1) is 14.1. The number of aromatic nitrogens is 1. The van der Waals surface area contributed by atoms with Gasteiger partial charge in [-0.2, -0.15) is 0 Å². The Balaban J connectivity index is 1.85. The summed E-state index contributed by atoms with van der Waals surface area (Å²) in [4.78, 5) is 13.9. The zero-order valence-corrected chi connectivity index (χ0v) is 13.0. The Morgan fingerprint density at radius 2 is 1.96 bits per heavy atom. The summed E-state index contributed by atoms with van der Waals surface area (Å²) < 4.78 is 32.4. The predicted octanol–water partition coefficient (Wildman–Crippen LogP) is 2.26. The fourth-order valence-corrected chi connectivity index (χ4v) is 4.54. The summed E-state index contributed by atoms with van der Waals surface area (Å²) in [7, 11) is -3.69. The van der Waals surface area contributed by atoms with Gasteiger partial charge in [-0.1, -0.05) is 18.2 Å². The minimum absolute atomic E-state index is 0.138. The average molecular weight is 330 g/mol. The number of nitrogens with one attached hydrogen (secondary N) is 1. The van der Waals surface area contributed by atoms with Gasteiger partial charge in [-0.25, -0.2) is 13.2 Å². The average Bonchev–Trinajstić information content (AvgIpc) is 2.93. The molecule has 0 amide bonds. The molecule has 1 N–H and O–H groups in total. The van der Waals surface area contributed by atoms with E-state index >= 15 is 0 Å². The Morgan fingerprint density at radius 3 is 2.83 bits per heavy atom. The fraction of sp³-hybridized carbons (Fsp3) is 0.188. The second-order valence-corrected chi connectivity index (χ2v) is 7.34. The van der Waals surface area contributed by atoms with Crippen LogP contribution in [0.2, 0.25) is 0 Å². The van der Waals surface area contributed by atoms with Crippen LogP contribution in [0.3, 0.4) is 0 Å². The second kappa shape index (κ2) is 4.99. The highest BCUT2D eigenvalue weighted by molar-refractivity contribution is 7.92. The lowest BCUT2D eigenvalue weighted by Gasteiger charge is -2.30. The number of fused-ring (bicyclic) bond motifs is 2. The molecule has 1 aromatic heterocycles. The van der Waals surface area contributed by atoms with E-state index in [2.05, 4.69) is 4.98 Å². The molecule has 6 nitrogen and oxygen atoms in total. The van der Waals surface area contributed by atoms with Crippen molar-refractivity contribution in [2.45, 2.75) is 17.7 Å². The molecular weight excluding hydrogens is 316 g/mol. The van der Waals surface area contributed by atoms with Crippen LogP contribution in [0.4, 0.5) is 5.69 Å². The van der Waals surface area contributed by atoms with Crippen molar-refractivity contribution in [1.82, 2.24) is 4.98 Å². The molecule has 1 aliphatic heterocycles. The van der Waals surface area contributed by atoms with Crippen molar-refractivity contribution < 1.29 is 12.8 Å². The van der Waals surface area contributed by atoms with Gasteiger partial charge in [-0.3, -0.25) is 9.29 Å². The second-order valence-electron chi connectivity index (χ2n) is 5.48. The molecule has 2 aromatic carbocycles. The van der Waals surface area contributed by atoms with E-state index < -0.39 is 15.8 Å². The predicted molar refractivity (Wildman–Crippen MR) is 86.1 cm³/mol. The molecule has 0 saturated carbocycles. The van der Waals surface area contributed by atoms with Crippen LogP contribution in [-0.4, -0.2) is 19.9 Å². The number of H-pyrrole nitrogens is 1. The summed E-state index contributed by atoms with van der Waals surface area (Å²) in [6, 6.07) is 11.9. The SMILES string of the molecule is O=c1[nH]c2cc(S(=O)(=O)N3CCCc4ccccc43)ccc2o1. The van der Waals surface area contributed by atoms with Crippen molar-refractivity contribution in [1.29, 1.82) is 0 Å². The van der Waals surface area contributed by atoms with Gasteiger partial charge in [0.15, 0.2) is 5.58 Å². The highest BCUT2D eigenvalue weighted by Crippen LogP contribution is 2.32. The molecule has 0 aliphatic carbocycles. The highest BCUT2D eigenvalue weighted by Gasteiger charge is 2.29. The molecule has 4 rings (SSSR count). The maximum absolute atomic E-state index is 13.0. The van der Waals surface area contributed by atoms with E-state index in [9.17, 15) is 13.2 Å². The summed E-state index contributed by atoms with van der Waals surface area (Å²) in [6.07, 6.45) is 1.65. The van der Waals surface area contributed by atoms with Crippen molar-refractivity contribution in [3.63, 3.8) is 0 Å². The summed E-state index contributed by atoms with van der Waals surface area (Å²) in [5, 5.41) is 0. The molecule has 0 unspecified atom stereocenters. The molecule has 3 aromatic rings. The van der Waals surface area contributed by atoms with Gasteiger partial charge >= 0.3 is 5.76 Å². The van der Waals surface area contributed by atoms with Crippen LogP contribution in [0.25, 0.3) is 11.1 Å². The molecule has 2 heterocycles. The van der Waals surface area contributed by atoms with E-state index in [4.69, 9.17) is 4.42 Å².